The summed E-state index contributed by atoms with van der Waals surface area (Å²) in [5.41, 5.74) is 0.636. The Morgan fingerprint density at radius 1 is 0.774 bits per heavy atom. The number of hydrogen-bond acceptors (Lipinski definition) is 1. The summed E-state index contributed by atoms with van der Waals surface area (Å²) in [7, 11) is 0. The van der Waals surface area contributed by atoms with E-state index in [2.05, 4.69) is 4.57 Å². The van der Waals surface area contributed by atoms with Crippen LogP contribution < -0.4 is 0 Å². The van der Waals surface area contributed by atoms with Crippen molar-refractivity contribution in [2.75, 3.05) is 6.54 Å². The first-order chi connectivity index (χ1) is 14.6. The number of alkyl halides is 6. The van der Waals surface area contributed by atoms with Gasteiger partial charge in [-0.3, -0.25) is 4.90 Å². The maximum atomic E-state index is 13.1. The zero-order chi connectivity index (χ0) is 22.2. The molecule has 1 aromatic heterocycles. The lowest BCUT2D eigenvalue weighted by atomic mass is 9.99. The molecule has 4 rings (SSSR count). The van der Waals surface area contributed by atoms with E-state index in [0.29, 0.717) is 17.7 Å². The van der Waals surface area contributed by atoms with Crippen LogP contribution in [0.15, 0.2) is 66.9 Å². The Kier molecular flexibility index (Phi) is 5.60. The van der Waals surface area contributed by atoms with E-state index < -0.39 is 23.5 Å². The Balaban J connectivity index is 1.71. The van der Waals surface area contributed by atoms with Crippen LogP contribution in [0.4, 0.5) is 26.3 Å². The van der Waals surface area contributed by atoms with Gasteiger partial charge in [-0.15, -0.1) is 0 Å². The van der Waals surface area contributed by atoms with Gasteiger partial charge in [0.05, 0.1) is 17.2 Å². The van der Waals surface area contributed by atoms with E-state index in [1.807, 2.05) is 23.2 Å². The topological polar surface area (TPSA) is 8.17 Å². The summed E-state index contributed by atoms with van der Waals surface area (Å²) < 4.78 is 80.5. The Hall–Kier alpha value is -2.74. The molecule has 1 unspecified atom stereocenters. The first kappa shape index (κ1) is 21.5. The van der Waals surface area contributed by atoms with Crippen LogP contribution in [0, 0.1) is 0 Å². The highest BCUT2D eigenvalue weighted by Gasteiger charge is 2.33. The van der Waals surface area contributed by atoms with Crippen molar-refractivity contribution in [3.8, 4) is 0 Å². The molecule has 2 heterocycles. The van der Waals surface area contributed by atoms with Crippen LogP contribution in [0.3, 0.4) is 0 Å². The zero-order valence-electron chi connectivity index (χ0n) is 16.4. The molecular formula is C23H20F6N2. The smallest absolute Gasteiger partial charge is 0.350 e. The number of rotatable bonds is 3. The standard InChI is InChI=1S/C23H20F6N2/c24-22(25,26)18-9-7-17(8-10-18)21-20-6-2-11-30(20)12-3-13-31(21)15-16-4-1-5-19(14-16)23(27,28)29/h1-2,4-11,14,21H,3,12-13,15H2. The lowest BCUT2D eigenvalue weighted by Gasteiger charge is -2.31. The fraction of sp³-hybridized carbons (Fsp3) is 0.304. The second-order valence-corrected chi connectivity index (χ2v) is 7.67. The molecule has 2 nitrogen and oxygen atoms in total. The lowest BCUT2D eigenvalue weighted by molar-refractivity contribution is -0.138. The fourth-order valence-corrected chi connectivity index (χ4v) is 4.13. The molecule has 1 atom stereocenters. The highest BCUT2D eigenvalue weighted by Crippen LogP contribution is 2.36. The summed E-state index contributed by atoms with van der Waals surface area (Å²) in [6, 6.07) is 13.6. The molecule has 0 N–H and O–H groups in total. The summed E-state index contributed by atoms with van der Waals surface area (Å²) >= 11 is 0. The Labute approximate surface area is 175 Å². The molecule has 0 amide bonds. The minimum atomic E-state index is -4.43. The van der Waals surface area contributed by atoms with E-state index in [1.165, 1.54) is 18.2 Å². The third-order valence-corrected chi connectivity index (χ3v) is 5.55. The van der Waals surface area contributed by atoms with Crippen molar-refractivity contribution in [2.24, 2.45) is 0 Å². The van der Waals surface area contributed by atoms with Crippen LogP contribution in [0.2, 0.25) is 0 Å². The molecule has 0 saturated heterocycles. The van der Waals surface area contributed by atoms with E-state index in [1.54, 1.807) is 6.07 Å². The van der Waals surface area contributed by atoms with Gasteiger partial charge in [0, 0.05) is 31.5 Å². The largest absolute Gasteiger partial charge is 0.416 e. The fourth-order valence-electron chi connectivity index (χ4n) is 4.13. The maximum Gasteiger partial charge on any atom is 0.416 e. The molecule has 31 heavy (non-hydrogen) atoms. The minimum absolute atomic E-state index is 0.251. The number of hydrogen-bond donors (Lipinski definition) is 0. The third-order valence-electron chi connectivity index (χ3n) is 5.55. The summed E-state index contributed by atoms with van der Waals surface area (Å²) in [6.07, 6.45) is -6.17. The molecular weight excluding hydrogens is 418 g/mol. The van der Waals surface area contributed by atoms with Gasteiger partial charge in [-0.1, -0.05) is 30.3 Å². The first-order valence-corrected chi connectivity index (χ1v) is 9.85. The van der Waals surface area contributed by atoms with Crippen molar-refractivity contribution in [1.82, 2.24) is 9.47 Å². The van der Waals surface area contributed by atoms with Crippen LogP contribution in [0.25, 0.3) is 0 Å². The van der Waals surface area contributed by atoms with Crippen LogP contribution in [0.5, 0.6) is 0 Å². The van der Waals surface area contributed by atoms with Crippen molar-refractivity contribution < 1.29 is 26.3 Å². The van der Waals surface area contributed by atoms with Gasteiger partial charge in [-0.25, -0.2) is 0 Å². The Morgan fingerprint density at radius 3 is 2.16 bits per heavy atom. The molecule has 0 saturated carbocycles. The van der Waals surface area contributed by atoms with Crippen LogP contribution in [-0.4, -0.2) is 16.0 Å². The number of aryl methyl sites for hydroxylation is 1. The van der Waals surface area contributed by atoms with Gasteiger partial charge in [-0.2, -0.15) is 26.3 Å². The van der Waals surface area contributed by atoms with Crippen molar-refractivity contribution in [1.29, 1.82) is 0 Å². The molecule has 0 spiro atoms. The van der Waals surface area contributed by atoms with Gasteiger partial charge < -0.3 is 4.57 Å². The van der Waals surface area contributed by atoms with Gasteiger partial charge in [0.15, 0.2) is 0 Å². The molecule has 8 heteroatoms. The average Bonchev–Trinajstić information content (AvgIpc) is 3.09. The number of nitrogens with zero attached hydrogens (tertiary/aromatic N) is 2. The van der Waals surface area contributed by atoms with Crippen LogP contribution >= 0.6 is 0 Å². The predicted molar refractivity (Wildman–Crippen MR) is 104 cm³/mol. The van der Waals surface area contributed by atoms with E-state index in [0.717, 1.165) is 42.9 Å². The van der Waals surface area contributed by atoms with Gasteiger partial charge in [0.2, 0.25) is 0 Å². The molecule has 1 aliphatic heterocycles. The average molecular weight is 438 g/mol. The van der Waals surface area contributed by atoms with Crippen molar-refractivity contribution in [2.45, 2.75) is 37.9 Å². The van der Waals surface area contributed by atoms with Gasteiger partial charge in [-0.05, 0) is 47.9 Å². The number of aromatic nitrogens is 1. The van der Waals surface area contributed by atoms with Crippen LogP contribution in [-0.2, 0) is 25.4 Å². The Morgan fingerprint density at radius 2 is 1.48 bits per heavy atom. The first-order valence-electron chi connectivity index (χ1n) is 9.85. The molecule has 3 aromatic rings. The third kappa shape index (κ3) is 4.63. The second-order valence-electron chi connectivity index (χ2n) is 7.67. The van der Waals surface area contributed by atoms with Gasteiger partial charge in [0.1, 0.15) is 0 Å². The lowest BCUT2D eigenvalue weighted by Crippen LogP contribution is -2.29. The van der Waals surface area contributed by atoms with Crippen molar-refractivity contribution in [3.63, 3.8) is 0 Å². The highest BCUT2D eigenvalue weighted by molar-refractivity contribution is 5.34. The molecule has 164 valence electrons. The maximum absolute atomic E-state index is 13.1. The molecule has 2 aromatic carbocycles. The number of benzene rings is 2. The van der Waals surface area contributed by atoms with E-state index >= 15 is 0 Å². The molecule has 0 bridgehead atoms. The normalized spacial score (nSPS) is 17.9. The summed E-state index contributed by atoms with van der Waals surface area (Å²) in [4.78, 5) is 2.02. The zero-order valence-corrected chi connectivity index (χ0v) is 16.4. The summed E-state index contributed by atoms with van der Waals surface area (Å²) in [5.74, 6) is 0. The SMILES string of the molecule is FC(F)(F)c1ccc(C2c3cccn3CCCN2Cc2cccc(C(F)(F)F)c2)cc1. The van der Waals surface area contributed by atoms with Crippen molar-refractivity contribution >= 4 is 0 Å². The quantitative estimate of drug-likeness (QED) is 0.423. The number of halogens is 6. The summed E-state index contributed by atoms with van der Waals surface area (Å²) in [6.45, 7) is 1.59. The summed E-state index contributed by atoms with van der Waals surface area (Å²) in [5, 5.41) is 0. The molecule has 1 aliphatic rings. The molecule has 0 aliphatic carbocycles. The van der Waals surface area contributed by atoms with E-state index in [9.17, 15) is 26.3 Å². The van der Waals surface area contributed by atoms with E-state index in [-0.39, 0.29) is 12.6 Å². The molecule has 0 fully saturated rings. The highest BCUT2D eigenvalue weighted by atomic mass is 19.4. The van der Waals surface area contributed by atoms with Gasteiger partial charge in [0.25, 0.3) is 0 Å². The monoisotopic (exact) mass is 438 g/mol. The van der Waals surface area contributed by atoms with E-state index in [4.69, 9.17) is 0 Å². The van der Waals surface area contributed by atoms with Crippen molar-refractivity contribution in [3.05, 3.63) is 94.8 Å². The second kappa shape index (κ2) is 8.07. The predicted octanol–water partition coefficient (Wildman–Crippen LogP) is 6.52. The molecule has 0 radical (unpaired) electrons. The number of fused-ring (bicyclic) bond motifs is 1. The minimum Gasteiger partial charge on any atom is -0.350 e. The van der Waals surface area contributed by atoms with Crippen LogP contribution in [0.1, 0.15) is 40.4 Å². The Bertz CT molecular complexity index is 1030. The van der Waals surface area contributed by atoms with Gasteiger partial charge >= 0.3 is 12.4 Å².